The molecule has 0 fully saturated rings. The fraction of sp³-hybridized carbons (Fsp3) is 0.0909. The monoisotopic (exact) mass is 207 g/mol. The van der Waals surface area contributed by atoms with Gasteiger partial charge in [-0.2, -0.15) is 6.54 Å². The molecule has 0 aliphatic carbocycles. The summed E-state index contributed by atoms with van der Waals surface area (Å²) in [5.41, 5.74) is 6.04. The average Bonchev–Trinajstić information content (AvgIpc) is 2.81. The molecule has 1 nitrogen and oxygen atoms in total. The molecule has 0 aliphatic rings. The molecule has 0 radical (unpaired) electrons. The van der Waals surface area contributed by atoms with E-state index >= 15 is 0 Å². The van der Waals surface area contributed by atoms with Gasteiger partial charge in [0.1, 0.15) is 0 Å². The first-order chi connectivity index (χ1) is 5.93. The molecule has 0 amide bonds. The topological polar surface area (TPSA) is 26.0 Å². The van der Waals surface area contributed by atoms with E-state index in [9.17, 15) is 0 Å². The molecule has 0 unspecified atom stereocenters. The minimum atomic E-state index is 0. The predicted molar refractivity (Wildman–Crippen MR) is 42.6 cm³/mol. The minimum absolute atomic E-state index is 0. The first-order valence-corrected chi connectivity index (χ1v) is 3.34. The van der Waals surface area contributed by atoms with Crippen molar-refractivity contribution in [3.05, 3.63) is 60.2 Å². The second-order valence-corrected chi connectivity index (χ2v) is 1.87. The molecule has 0 bridgehead atoms. The summed E-state index contributed by atoms with van der Waals surface area (Å²) in [6, 6.07) is 22.6. The van der Waals surface area contributed by atoms with Crippen molar-refractivity contribution in [2.24, 2.45) is 5.73 Å². The van der Waals surface area contributed by atoms with Crippen molar-refractivity contribution in [3.8, 4) is 0 Å². The number of nitrogens with two attached hydrogens (primary N) is 1. The Labute approximate surface area is 89.8 Å². The number of rotatable bonds is 1. The van der Waals surface area contributed by atoms with Gasteiger partial charge in [-0.15, -0.1) is 0 Å². The molecule has 0 atom stereocenters. The Hall–Kier alpha value is -0.821. The van der Waals surface area contributed by atoms with Crippen LogP contribution in [0.25, 0.3) is 0 Å². The van der Waals surface area contributed by atoms with E-state index in [1.807, 2.05) is 0 Å². The van der Waals surface area contributed by atoms with E-state index in [-0.39, 0.29) is 17.1 Å². The van der Waals surface area contributed by atoms with Crippen molar-refractivity contribution >= 4 is 0 Å². The van der Waals surface area contributed by atoms with Crippen LogP contribution in [0.5, 0.6) is 0 Å². The Morgan fingerprint density at radius 3 is 1.77 bits per heavy atom. The molecule has 0 heterocycles. The molecule has 0 aromatic heterocycles. The van der Waals surface area contributed by atoms with E-state index < -0.39 is 0 Å². The van der Waals surface area contributed by atoms with Crippen LogP contribution in [-0.4, -0.2) is 0 Å². The summed E-state index contributed by atoms with van der Waals surface area (Å²) in [5.74, 6) is 0. The van der Waals surface area contributed by atoms with Crippen LogP contribution in [0.15, 0.2) is 6.07 Å². The van der Waals surface area contributed by atoms with Crippen molar-refractivity contribution in [1.82, 2.24) is 0 Å². The zero-order valence-corrected chi connectivity index (χ0v) is 7.82. The molecular weight excluding hydrogens is 202 g/mol. The summed E-state index contributed by atoms with van der Waals surface area (Å²) >= 11 is 0. The molecule has 13 heavy (non-hydrogen) atoms. The van der Waals surface area contributed by atoms with Gasteiger partial charge < -0.3 is 65.9 Å². The maximum absolute atomic E-state index is 5.19. The number of hydrogen-bond donors (Lipinski definition) is 1. The normalized spacial score (nSPS) is 8.08. The zero-order valence-electron chi connectivity index (χ0n) is 6.72. The Morgan fingerprint density at radius 1 is 1.00 bits per heavy atom. The predicted octanol–water partition coefficient (Wildman–Crippen LogP) is 0.669. The van der Waals surface area contributed by atoms with Gasteiger partial charge in [0, 0.05) is 0 Å². The molecule has 2 aromatic carbocycles. The third-order valence-electron chi connectivity index (χ3n) is 1.04. The third-order valence-corrected chi connectivity index (χ3v) is 1.04. The maximum atomic E-state index is 5.19. The van der Waals surface area contributed by atoms with Crippen LogP contribution in [-0.2, 0) is 23.6 Å². The molecule has 2 rings (SSSR count). The van der Waals surface area contributed by atoms with Gasteiger partial charge >= 0.3 is 17.1 Å². The summed E-state index contributed by atoms with van der Waals surface area (Å²) in [6.07, 6.45) is 0. The smallest absolute Gasteiger partial charge is 0.999 e. The van der Waals surface area contributed by atoms with Crippen molar-refractivity contribution in [1.29, 1.82) is 0 Å². The molecule has 0 saturated heterocycles. The summed E-state index contributed by atoms with van der Waals surface area (Å²) in [4.78, 5) is 0. The molecule has 2 aromatic rings. The first-order valence-electron chi connectivity index (χ1n) is 3.34. The summed E-state index contributed by atoms with van der Waals surface area (Å²) in [5, 5.41) is 0. The molecule has 2 N–H and O–H groups in total. The Balaban J connectivity index is 0.000000215. The summed E-state index contributed by atoms with van der Waals surface area (Å²) in [6.45, 7) is 0.486. The van der Waals surface area contributed by atoms with Gasteiger partial charge in [0.2, 0.25) is 0 Å². The van der Waals surface area contributed by atoms with Crippen molar-refractivity contribution < 1.29 is 17.1 Å². The van der Waals surface area contributed by atoms with Crippen LogP contribution in [0.3, 0.4) is 0 Å². The van der Waals surface area contributed by atoms with Gasteiger partial charge in [-0.05, 0) is 0 Å². The van der Waals surface area contributed by atoms with Crippen LogP contribution in [0.2, 0.25) is 0 Å². The fourth-order valence-corrected chi connectivity index (χ4v) is 0.527. The molecule has 0 spiro atoms. The van der Waals surface area contributed by atoms with E-state index in [0.717, 1.165) is 5.56 Å². The second-order valence-electron chi connectivity index (χ2n) is 1.87. The van der Waals surface area contributed by atoms with Crippen LogP contribution < -0.4 is 5.73 Å². The van der Waals surface area contributed by atoms with E-state index in [1.165, 1.54) is 0 Å². The summed E-state index contributed by atoms with van der Waals surface area (Å²) in [7, 11) is 0. The maximum Gasteiger partial charge on any atom is 2.00 e. The fourth-order valence-electron chi connectivity index (χ4n) is 0.527. The zero-order chi connectivity index (χ0) is 8.65. The van der Waals surface area contributed by atoms with Gasteiger partial charge in [-0.25, -0.2) is 0 Å². The minimum Gasteiger partial charge on any atom is -0.999 e. The van der Waals surface area contributed by atoms with Gasteiger partial charge in [0.15, 0.2) is 0 Å². The van der Waals surface area contributed by atoms with Crippen LogP contribution in [0.1, 0.15) is 5.56 Å². The van der Waals surface area contributed by atoms with E-state index in [2.05, 4.69) is 48.5 Å². The first kappa shape index (κ1) is 12.2. The van der Waals surface area contributed by atoms with Crippen molar-refractivity contribution in [3.63, 3.8) is 0 Å². The quantitative estimate of drug-likeness (QED) is 0.539. The van der Waals surface area contributed by atoms with Gasteiger partial charge in [0.05, 0.1) is 0 Å². The van der Waals surface area contributed by atoms with E-state index in [0.29, 0.717) is 6.54 Å². The largest absolute Gasteiger partial charge is 2.00 e. The van der Waals surface area contributed by atoms with Gasteiger partial charge in [0.25, 0.3) is 0 Å². The van der Waals surface area contributed by atoms with Crippen molar-refractivity contribution in [2.75, 3.05) is 0 Å². The van der Waals surface area contributed by atoms with Gasteiger partial charge in [-0.1, -0.05) is 0 Å². The molecule has 0 saturated carbocycles. The SMILES string of the molecule is NC[c-]1[c-][c-][c-][c-]1.[Fe+2].[c-]1[c-][c-][cH-][c-]1. The van der Waals surface area contributed by atoms with Crippen LogP contribution in [0.4, 0.5) is 0 Å². The molecule has 2 heteroatoms. The van der Waals surface area contributed by atoms with Crippen LogP contribution in [0, 0.1) is 48.5 Å². The molecule has 70 valence electrons. The van der Waals surface area contributed by atoms with Crippen LogP contribution >= 0.6 is 0 Å². The Kier molecular flexibility index (Phi) is 7.32. The molecular formula is C11H5FeN-8. The van der Waals surface area contributed by atoms with Crippen molar-refractivity contribution in [2.45, 2.75) is 6.54 Å². The van der Waals surface area contributed by atoms with E-state index in [4.69, 9.17) is 5.73 Å². The second kappa shape index (κ2) is 7.81. The number of hydrogen-bond acceptors (Lipinski definition) is 1. The third kappa shape index (κ3) is 5.42. The summed E-state index contributed by atoms with van der Waals surface area (Å²) < 4.78 is 0. The standard InChI is InChI=1S/C6H4N.C5H.Fe/c7-5-6-3-1-2-4-6;1-2-4-5-3-1;/h5,7H2;1H;/q2*-5;+2. The Bertz CT molecular complexity index is 241. The van der Waals surface area contributed by atoms with E-state index in [1.54, 1.807) is 6.07 Å². The Morgan fingerprint density at radius 2 is 1.54 bits per heavy atom. The average molecular weight is 207 g/mol. The van der Waals surface area contributed by atoms with Gasteiger partial charge in [-0.3, -0.25) is 0 Å². The molecule has 0 aliphatic heterocycles.